The van der Waals surface area contributed by atoms with Crippen molar-refractivity contribution < 1.29 is 4.79 Å². The first-order valence-electron chi connectivity index (χ1n) is 5.36. The number of aldehydes is 1. The molecule has 0 aliphatic rings. The summed E-state index contributed by atoms with van der Waals surface area (Å²) in [5, 5.41) is 0. The summed E-state index contributed by atoms with van der Waals surface area (Å²) in [6.45, 7) is 0. The minimum absolute atomic E-state index is 0.683. The van der Waals surface area contributed by atoms with Crippen LogP contribution in [0.5, 0.6) is 0 Å². The van der Waals surface area contributed by atoms with Crippen LogP contribution in [0.15, 0.2) is 54.9 Å². The van der Waals surface area contributed by atoms with Gasteiger partial charge < -0.3 is 0 Å². The maximum Gasteiger partial charge on any atom is 0.150 e. The maximum absolute atomic E-state index is 10.6. The van der Waals surface area contributed by atoms with Crippen LogP contribution >= 0.6 is 0 Å². The molecule has 0 N–H and O–H groups in total. The monoisotopic (exact) mass is 222 g/mol. The molecule has 17 heavy (non-hydrogen) atoms. The van der Waals surface area contributed by atoms with Gasteiger partial charge in [0.25, 0.3) is 0 Å². The molecule has 2 aromatic heterocycles. The highest BCUT2D eigenvalue weighted by atomic mass is 16.1. The summed E-state index contributed by atoms with van der Waals surface area (Å²) in [6.07, 6.45) is 4.66. The molecule has 0 radical (unpaired) electrons. The smallest absolute Gasteiger partial charge is 0.150 e. The molecule has 0 fully saturated rings. The number of hydrogen-bond donors (Lipinski definition) is 0. The molecule has 0 aliphatic carbocycles. The lowest BCUT2D eigenvalue weighted by atomic mass is 10.1. The van der Waals surface area contributed by atoms with Gasteiger partial charge in [0.05, 0.1) is 11.9 Å². The largest absolute Gasteiger partial charge is 0.300 e. The first kappa shape index (κ1) is 9.78. The van der Waals surface area contributed by atoms with Crippen molar-refractivity contribution in [3.05, 3.63) is 60.4 Å². The van der Waals surface area contributed by atoms with Gasteiger partial charge in [-0.05, 0) is 12.1 Å². The second-order valence-corrected chi connectivity index (χ2v) is 3.81. The lowest BCUT2D eigenvalue weighted by Crippen LogP contribution is -1.87. The fourth-order valence-corrected chi connectivity index (χ4v) is 1.88. The van der Waals surface area contributed by atoms with Crippen LogP contribution in [0.4, 0.5) is 0 Å². The molecule has 0 saturated carbocycles. The third-order valence-corrected chi connectivity index (χ3v) is 2.76. The molecule has 82 valence electrons. The summed E-state index contributed by atoms with van der Waals surface area (Å²) < 4.78 is 2.02. The Balaban J connectivity index is 2.16. The van der Waals surface area contributed by atoms with Crippen molar-refractivity contribution in [1.29, 1.82) is 0 Å². The minimum Gasteiger partial charge on any atom is -0.300 e. The van der Waals surface area contributed by atoms with Gasteiger partial charge in [0.15, 0.2) is 0 Å². The van der Waals surface area contributed by atoms with Crippen LogP contribution < -0.4 is 0 Å². The Morgan fingerprint density at radius 1 is 1.06 bits per heavy atom. The van der Waals surface area contributed by atoms with Crippen LogP contribution in [-0.2, 0) is 0 Å². The van der Waals surface area contributed by atoms with Crippen LogP contribution in [0.3, 0.4) is 0 Å². The van der Waals surface area contributed by atoms with Crippen molar-refractivity contribution in [2.75, 3.05) is 0 Å². The highest BCUT2D eigenvalue weighted by Crippen LogP contribution is 2.20. The number of hydrogen-bond acceptors (Lipinski definition) is 2. The van der Waals surface area contributed by atoms with E-state index in [2.05, 4.69) is 4.98 Å². The lowest BCUT2D eigenvalue weighted by molar-refractivity contribution is 0.112. The van der Waals surface area contributed by atoms with Crippen molar-refractivity contribution in [2.45, 2.75) is 0 Å². The van der Waals surface area contributed by atoms with Gasteiger partial charge in [-0.2, -0.15) is 0 Å². The third-order valence-electron chi connectivity index (χ3n) is 2.76. The molecule has 0 bridgehead atoms. The quantitative estimate of drug-likeness (QED) is 0.625. The van der Waals surface area contributed by atoms with E-state index in [1.807, 2.05) is 59.3 Å². The van der Waals surface area contributed by atoms with Gasteiger partial charge >= 0.3 is 0 Å². The molecule has 3 aromatic rings. The van der Waals surface area contributed by atoms with E-state index in [9.17, 15) is 4.79 Å². The fourth-order valence-electron chi connectivity index (χ4n) is 1.88. The number of rotatable bonds is 2. The van der Waals surface area contributed by atoms with Crippen molar-refractivity contribution in [2.24, 2.45) is 0 Å². The number of carbonyl (C=O) groups excluding carboxylic acids is 1. The van der Waals surface area contributed by atoms with Crippen molar-refractivity contribution in [1.82, 2.24) is 9.38 Å². The molecule has 2 heterocycles. The number of carbonyl (C=O) groups is 1. The van der Waals surface area contributed by atoms with E-state index in [0.717, 1.165) is 23.2 Å². The summed E-state index contributed by atoms with van der Waals surface area (Å²) in [6, 6.07) is 13.4. The summed E-state index contributed by atoms with van der Waals surface area (Å²) >= 11 is 0. The van der Waals surface area contributed by atoms with Crippen molar-refractivity contribution >= 4 is 11.9 Å². The van der Waals surface area contributed by atoms with Gasteiger partial charge in [-0.25, -0.2) is 4.98 Å². The van der Waals surface area contributed by atoms with Crippen LogP contribution in [0.1, 0.15) is 10.4 Å². The van der Waals surface area contributed by atoms with Gasteiger partial charge in [0.1, 0.15) is 11.9 Å². The molecule has 1 aromatic carbocycles. The van der Waals surface area contributed by atoms with E-state index in [0.29, 0.717) is 5.56 Å². The molecule has 3 nitrogen and oxygen atoms in total. The van der Waals surface area contributed by atoms with Gasteiger partial charge in [0.2, 0.25) is 0 Å². The van der Waals surface area contributed by atoms with E-state index in [-0.39, 0.29) is 0 Å². The molecule has 3 rings (SSSR count). The van der Waals surface area contributed by atoms with Crippen molar-refractivity contribution in [3.8, 4) is 11.3 Å². The number of imidazole rings is 1. The Morgan fingerprint density at radius 2 is 1.88 bits per heavy atom. The Morgan fingerprint density at radius 3 is 2.65 bits per heavy atom. The van der Waals surface area contributed by atoms with Crippen LogP contribution in [0, 0.1) is 0 Å². The number of fused-ring (bicyclic) bond motifs is 1. The minimum atomic E-state index is 0.683. The molecule has 0 aliphatic heterocycles. The SMILES string of the molecule is O=Cc1ccc(-c2cnc3ccccn23)cc1. The number of benzene rings is 1. The Hall–Kier alpha value is -2.42. The van der Waals surface area contributed by atoms with Gasteiger partial charge in [0, 0.05) is 17.3 Å². The van der Waals surface area contributed by atoms with Gasteiger partial charge in [-0.1, -0.05) is 30.3 Å². The average molecular weight is 222 g/mol. The number of nitrogens with zero attached hydrogens (tertiary/aromatic N) is 2. The summed E-state index contributed by atoms with van der Waals surface area (Å²) in [5.74, 6) is 0. The summed E-state index contributed by atoms with van der Waals surface area (Å²) in [5.41, 5.74) is 3.68. The molecular weight excluding hydrogens is 212 g/mol. The van der Waals surface area contributed by atoms with Crippen molar-refractivity contribution in [3.63, 3.8) is 0 Å². The van der Waals surface area contributed by atoms with Gasteiger partial charge in [-0.15, -0.1) is 0 Å². The molecular formula is C14H10N2O. The van der Waals surface area contributed by atoms with Crippen LogP contribution in [-0.4, -0.2) is 15.7 Å². The predicted molar refractivity (Wildman–Crippen MR) is 66.0 cm³/mol. The predicted octanol–water partition coefficient (Wildman–Crippen LogP) is 2.81. The topological polar surface area (TPSA) is 34.4 Å². The third kappa shape index (κ3) is 1.61. The highest BCUT2D eigenvalue weighted by molar-refractivity contribution is 5.76. The molecule has 3 heteroatoms. The van der Waals surface area contributed by atoms with Gasteiger partial charge in [-0.3, -0.25) is 9.20 Å². The normalized spacial score (nSPS) is 10.6. The van der Waals surface area contributed by atoms with E-state index < -0.39 is 0 Å². The molecule has 0 saturated heterocycles. The molecule has 0 spiro atoms. The second-order valence-electron chi connectivity index (χ2n) is 3.81. The first-order valence-corrected chi connectivity index (χ1v) is 5.36. The summed E-state index contributed by atoms with van der Waals surface area (Å²) in [7, 11) is 0. The zero-order chi connectivity index (χ0) is 11.7. The Labute approximate surface area is 98.4 Å². The summed E-state index contributed by atoms with van der Waals surface area (Å²) in [4.78, 5) is 14.9. The van der Waals surface area contributed by atoms with E-state index >= 15 is 0 Å². The van der Waals surface area contributed by atoms with E-state index in [1.54, 1.807) is 0 Å². The maximum atomic E-state index is 10.6. The molecule has 0 amide bonds. The molecule has 0 unspecified atom stereocenters. The fraction of sp³-hybridized carbons (Fsp3) is 0. The van der Waals surface area contributed by atoms with Crippen LogP contribution in [0.2, 0.25) is 0 Å². The van der Waals surface area contributed by atoms with E-state index in [4.69, 9.17) is 0 Å². The Bertz CT molecular complexity index is 668. The average Bonchev–Trinajstić information content (AvgIpc) is 2.83. The highest BCUT2D eigenvalue weighted by Gasteiger charge is 2.04. The zero-order valence-corrected chi connectivity index (χ0v) is 9.08. The standard InChI is InChI=1S/C14H10N2O/c17-10-11-4-6-12(7-5-11)13-9-15-14-3-1-2-8-16(13)14/h1-10H. The second kappa shape index (κ2) is 3.87. The Kier molecular flexibility index (Phi) is 2.22. The van der Waals surface area contributed by atoms with Crippen LogP contribution in [0.25, 0.3) is 16.9 Å². The van der Waals surface area contributed by atoms with E-state index in [1.165, 1.54) is 0 Å². The first-order chi connectivity index (χ1) is 8.38. The lowest BCUT2D eigenvalue weighted by Gasteiger charge is -2.01. The number of pyridine rings is 1. The zero-order valence-electron chi connectivity index (χ0n) is 9.08. The molecule has 0 atom stereocenters. The number of aromatic nitrogens is 2.